The first-order chi connectivity index (χ1) is 30.7. The number of nitrogens with zero attached hydrogens (tertiary/aromatic N) is 1. The summed E-state index contributed by atoms with van der Waals surface area (Å²) in [5.41, 5.74) is 12.4. The molecule has 12 N–H and O–H groups in total. The number of aromatic hydroxyl groups is 2. The third kappa shape index (κ3) is 17.9. The standard InChI is InChI=1S/C45H66N8O11S/c1-25(2)21-33(39(57)48-32(45(63)64)16-17-38(47)56)49-41(59)35(23-27-8-12-29(54)13-9-27)51-42(60)36(24-28-10-14-30(55)15-11-28)50-40(58)34(22-26(3)4)52-43(61)37-7-6-19-53(37)44(62)31(46)18-20-65-5/h8-15,25-26,31-37,54-55H,6-7,16-24,46H2,1-5H3,(H2,47,56)(H,48,57)(H,49,59)(H,50,58)(H,51,60)(H,52,61)(H,63,64)/t31-,32-,33-,34-,35-,36-,37-/m0/s1. The molecule has 1 heterocycles. The van der Waals surface area contributed by atoms with Crippen molar-refractivity contribution in [2.75, 3.05) is 18.6 Å². The summed E-state index contributed by atoms with van der Waals surface area (Å²) < 4.78 is 0. The maximum absolute atomic E-state index is 14.5. The number of hydrogen-bond acceptors (Lipinski definition) is 12. The van der Waals surface area contributed by atoms with Gasteiger partial charge in [0.1, 0.15) is 47.8 Å². The van der Waals surface area contributed by atoms with E-state index < -0.39 is 83.7 Å². The van der Waals surface area contributed by atoms with Crippen LogP contribution in [0.25, 0.3) is 0 Å². The first-order valence-corrected chi connectivity index (χ1v) is 23.2. The second kappa shape index (κ2) is 26.2. The zero-order valence-corrected chi connectivity index (χ0v) is 38.5. The molecule has 7 atom stereocenters. The second-order valence-corrected chi connectivity index (χ2v) is 18.2. The van der Waals surface area contributed by atoms with Gasteiger partial charge in [0, 0.05) is 25.8 Å². The molecule has 358 valence electrons. The van der Waals surface area contributed by atoms with Gasteiger partial charge in [-0.05, 0) is 97.8 Å². The Kier molecular flexibility index (Phi) is 21.5. The topological polar surface area (TPSA) is 313 Å². The van der Waals surface area contributed by atoms with Crippen LogP contribution in [0.1, 0.15) is 83.8 Å². The van der Waals surface area contributed by atoms with E-state index in [1.165, 1.54) is 41.3 Å². The summed E-state index contributed by atoms with van der Waals surface area (Å²) >= 11 is 1.55. The molecule has 2 aromatic carbocycles. The van der Waals surface area contributed by atoms with Crippen LogP contribution >= 0.6 is 11.8 Å². The number of carboxylic acids is 1. The number of nitrogens with one attached hydrogen (secondary N) is 5. The van der Waals surface area contributed by atoms with Gasteiger partial charge in [0.25, 0.3) is 0 Å². The SMILES string of the molecule is CSCC[C@H](N)C(=O)N1CCC[C@H]1C(=O)N[C@@H](CC(C)C)C(=O)N[C@@H](Cc1ccc(O)cc1)C(=O)N[C@@H](Cc1ccc(O)cc1)C(=O)N[C@@H](CC(C)C)C(=O)N[C@@H](CCC(N)=O)C(=O)O. The van der Waals surface area contributed by atoms with E-state index in [2.05, 4.69) is 26.6 Å². The highest BCUT2D eigenvalue weighted by molar-refractivity contribution is 7.98. The number of carboxylic acid groups (broad SMARTS) is 1. The third-order valence-electron chi connectivity index (χ3n) is 10.8. The minimum absolute atomic E-state index is 0.0451. The van der Waals surface area contributed by atoms with Crippen LogP contribution < -0.4 is 38.1 Å². The fourth-order valence-electron chi connectivity index (χ4n) is 7.35. The van der Waals surface area contributed by atoms with Crippen LogP contribution in [-0.2, 0) is 51.2 Å². The Morgan fingerprint density at radius 1 is 0.677 bits per heavy atom. The Morgan fingerprint density at radius 2 is 1.11 bits per heavy atom. The van der Waals surface area contributed by atoms with Crippen molar-refractivity contribution in [2.24, 2.45) is 23.3 Å². The van der Waals surface area contributed by atoms with Crippen molar-refractivity contribution in [3.05, 3.63) is 59.7 Å². The summed E-state index contributed by atoms with van der Waals surface area (Å²) in [6.45, 7) is 7.60. The summed E-state index contributed by atoms with van der Waals surface area (Å²) in [5, 5.41) is 42.9. The molecule has 0 spiro atoms. The monoisotopic (exact) mass is 926 g/mol. The maximum atomic E-state index is 14.5. The molecule has 7 amide bonds. The fourth-order valence-corrected chi connectivity index (χ4v) is 7.83. The number of thioether (sulfide) groups is 1. The number of nitrogens with two attached hydrogens (primary N) is 2. The van der Waals surface area contributed by atoms with Crippen LogP contribution in [0.2, 0.25) is 0 Å². The van der Waals surface area contributed by atoms with Crippen molar-refractivity contribution >= 4 is 59.1 Å². The van der Waals surface area contributed by atoms with Gasteiger partial charge in [-0.1, -0.05) is 52.0 Å². The summed E-state index contributed by atoms with van der Waals surface area (Å²) in [5.74, 6) is -6.02. The molecule has 1 fully saturated rings. The fraction of sp³-hybridized carbons (Fsp3) is 0.556. The lowest BCUT2D eigenvalue weighted by atomic mass is 9.99. The van der Waals surface area contributed by atoms with Crippen LogP contribution in [0, 0.1) is 11.8 Å². The smallest absolute Gasteiger partial charge is 0.326 e. The molecule has 0 radical (unpaired) electrons. The molecule has 1 aliphatic heterocycles. The minimum atomic E-state index is -1.49. The molecule has 65 heavy (non-hydrogen) atoms. The van der Waals surface area contributed by atoms with Gasteiger partial charge in [0.05, 0.1) is 6.04 Å². The molecule has 0 aliphatic carbocycles. The predicted octanol–water partition coefficient (Wildman–Crippen LogP) is 0.821. The quantitative estimate of drug-likeness (QED) is 0.0626. The molecule has 0 saturated carbocycles. The number of hydrogen-bond donors (Lipinski definition) is 10. The van der Waals surface area contributed by atoms with Crippen LogP contribution in [0.3, 0.4) is 0 Å². The summed E-state index contributed by atoms with van der Waals surface area (Å²) in [6.07, 6.45) is 2.59. The maximum Gasteiger partial charge on any atom is 0.326 e. The van der Waals surface area contributed by atoms with Crippen molar-refractivity contribution in [1.29, 1.82) is 0 Å². The molecule has 0 unspecified atom stereocenters. The average molecular weight is 927 g/mol. The number of phenolic OH excluding ortho intramolecular Hbond substituents is 2. The van der Waals surface area contributed by atoms with Crippen molar-refractivity contribution in [3.8, 4) is 11.5 Å². The molecule has 0 bridgehead atoms. The van der Waals surface area contributed by atoms with Crippen LogP contribution in [0.15, 0.2) is 48.5 Å². The van der Waals surface area contributed by atoms with E-state index in [0.29, 0.717) is 42.7 Å². The molecule has 0 aromatic heterocycles. The number of carbonyl (C=O) groups excluding carboxylic acids is 7. The van der Waals surface area contributed by atoms with Gasteiger partial charge >= 0.3 is 5.97 Å². The highest BCUT2D eigenvalue weighted by Crippen LogP contribution is 2.21. The van der Waals surface area contributed by atoms with Crippen LogP contribution in [-0.4, -0.2) is 128 Å². The van der Waals surface area contributed by atoms with E-state index in [-0.39, 0.29) is 67.8 Å². The van der Waals surface area contributed by atoms with Gasteiger partial charge in [-0.25, -0.2) is 4.79 Å². The van der Waals surface area contributed by atoms with E-state index >= 15 is 0 Å². The van der Waals surface area contributed by atoms with Gasteiger partial charge < -0.3 is 58.3 Å². The third-order valence-corrected chi connectivity index (χ3v) is 11.4. The Balaban J connectivity index is 1.95. The highest BCUT2D eigenvalue weighted by Gasteiger charge is 2.39. The molecule has 19 nitrogen and oxygen atoms in total. The lowest BCUT2D eigenvalue weighted by Crippen LogP contribution is -2.60. The normalized spacial score (nSPS) is 16.4. The number of primary amides is 1. The Hall–Kier alpha value is -5.89. The van der Waals surface area contributed by atoms with Crippen molar-refractivity contribution in [2.45, 2.75) is 128 Å². The summed E-state index contributed by atoms with van der Waals surface area (Å²) in [4.78, 5) is 108. The van der Waals surface area contributed by atoms with Crippen molar-refractivity contribution in [1.82, 2.24) is 31.5 Å². The minimum Gasteiger partial charge on any atom is -0.508 e. The number of phenols is 2. The molecule has 2 aromatic rings. The average Bonchev–Trinajstić information content (AvgIpc) is 3.74. The highest BCUT2D eigenvalue weighted by atomic mass is 32.2. The van der Waals surface area contributed by atoms with E-state index in [4.69, 9.17) is 11.5 Å². The first kappa shape index (κ1) is 53.4. The molecule has 1 saturated heterocycles. The number of rotatable bonds is 26. The first-order valence-electron chi connectivity index (χ1n) is 21.8. The number of likely N-dealkylation sites (tertiary alicyclic amines) is 1. The molecular formula is C45H66N8O11S. The Labute approximate surface area is 384 Å². The van der Waals surface area contributed by atoms with Crippen molar-refractivity contribution in [3.63, 3.8) is 0 Å². The Bertz CT molecular complexity index is 1950. The largest absolute Gasteiger partial charge is 0.508 e. The number of amides is 7. The van der Waals surface area contributed by atoms with Gasteiger partial charge in [0.2, 0.25) is 41.4 Å². The molecule has 1 aliphatic rings. The molecular weight excluding hydrogens is 861 g/mol. The van der Waals surface area contributed by atoms with Gasteiger partial charge in [-0.2, -0.15) is 11.8 Å². The number of carbonyl (C=O) groups is 8. The van der Waals surface area contributed by atoms with E-state index in [9.17, 15) is 53.7 Å². The van der Waals surface area contributed by atoms with E-state index in [1.54, 1.807) is 37.7 Å². The summed E-state index contributed by atoms with van der Waals surface area (Å²) in [6, 6.07) is 3.39. The number of benzene rings is 2. The Morgan fingerprint density at radius 3 is 1.54 bits per heavy atom. The zero-order valence-electron chi connectivity index (χ0n) is 37.7. The van der Waals surface area contributed by atoms with Gasteiger partial charge in [-0.3, -0.25) is 33.6 Å². The van der Waals surface area contributed by atoms with Crippen LogP contribution in [0.5, 0.6) is 11.5 Å². The lowest BCUT2D eigenvalue weighted by molar-refractivity contribution is -0.142. The number of aliphatic carboxylic acids is 1. The zero-order chi connectivity index (χ0) is 48.4. The molecule has 20 heteroatoms. The van der Waals surface area contributed by atoms with E-state index in [0.717, 1.165) is 0 Å². The lowest BCUT2D eigenvalue weighted by Gasteiger charge is -2.30. The van der Waals surface area contributed by atoms with Crippen LogP contribution in [0.4, 0.5) is 0 Å². The van der Waals surface area contributed by atoms with Crippen molar-refractivity contribution < 1.29 is 53.7 Å². The van der Waals surface area contributed by atoms with Gasteiger partial charge in [-0.15, -0.1) is 0 Å². The summed E-state index contributed by atoms with van der Waals surface area (Å²) in [7, 11) is 0. The predicted molar refractivity (Wildman–Crippen MR) is 244 cm³/mol. The van der Waals surface area contributed by atoms with Gasteiger partial charge in [0.15, 0.2) is 0 Å². The second-order valence-electron chi connectivity index (χ2n) is 17.2. The van der Waals surface area contributed by atoms with E-state index in [1.807, 2.05) is 20.1 Å². The molecule has 3 rings (SSSR count).